The van der Waals surface area contributed by atoms with Crippen molar-refractivity contribution in [1.82, 2.24) is 4.90 Å². The zero-order chi connectivity index (χ0) is 15.5. The molecule has 0 N–H and O–H groups in total. The predicted octanol–water partition coefficient (Wildman–Crippen LogP) is 3.24. The Hall–Kier alpha value is -2.03. The van der Waals surface area contributed by atoms with Crippen LogP contribution in [-0.4, -0.2) is 32.2 Å². The Labute approximate surface area is 134 Å². The first kappa shape index (κ1) is 14.9. The monoisotopic (exact) mass is 314 g/mol. The van der Waals surface area contributed by atoms with Gasteiger partial charge in [0.25, 0.3) is 0 Å². The highest BCUT2D eigenvalue weighted by Crippen LogP contribution is 2.41. The van der Waals surface area contributed by atoms with E-state index in [9.17, 15) is 0 Å². The van der Waals surface area contributed by atoms with Gasteiger partial charge in [-0.3, -0.25) is 4.90 Å². The molecule has 1 atom stereocenters. The fourth-order valence-electron chi connectivity index (χ4n) is 3.04. The maximum atomic E-state index is 9.13. The smallest absolute Gasteiger partial charge is 0.161 e. The molecule has 22 heavy (non-hydrogen) atoms. The quantitative estimate of drug-likeness (QED) is 0.813. The lowest BCUT2D eigenvalue weighted by Crippen LogP contribution is -2.36. The van der Waals surface area contributed by atoms with Crippen LogP contribution < -0.4 is 9.47 Å². The molecule has 1 aromatic carbocycles. The molecular formula is C17H18N2O2S. The molecule has 0 amide bonds. The van der Waals surface area contributed by atoms with Crippen molar-refractivity contribution in [3.05, 3.63) is 45.6 Å². The lowest BCUT2D eigenvalue weighted by atomic mass is 9.91. The van der Waals surface area contributed by atoms with Crippen LogP contribution >= 0.6 is 11.3 Å². The molecule has 2 heterocycles. The second-order valence-electron chi connectivity index (χ2n) is 5.20. The van der Waals surface area contributed by atoms with Crippen LogP contribution in [0.2, 0.25) is 0 Å². The van der Waals surface area contributed by atoms with Crippen LogP contribution in [0, 0.1) is 11.3 Å². The Kier molecular flexibility index (Phi) is 4.32. The van der Waals surface area contributed by atoms with Gasteiger partial charge in [-0.25, -0.2) is 0 Å². The van der Waals surface area contributed by atoms with Gasteiger partial charge in [0.05, 0.1) is 32.9 Å². The second-order valence-corrected chi connectivity index (χ2v) is 6.18. The summed E-state index contributed by atoms with van der Waals surface area (Å²) in [5.41, 5.74) is 2.48. The molecule has 0 saturated carbocycles. The summed E-state index contributed by atoms with van der Waals surface area (Å²) in [6.07, 6.45) is 0.916. The summed E-state index contributed by atoms with van der Waals surface area (Å²) in [6, 6.07) is 10.7. The van der Waals surface area contributed by atoms with Crippen LogP contribution in [0.3, 0.4) is 0 Å². The van der Waals surface area contributed by atoms with E-state index in [1.807, 2.05) is 0 Å². The van der Waals surface area contributed by atoms with Gasteiger partial charge in [0.1, 0.15) is 0 Å². The molecule has 4 nitrogen and oxygen atoms in total. The molecule has 5 heteroatoms. The van der Waals surface area contributed by atoms with E-state index in [0.29, 0.717) is 6.54 Å². The van der Waals surface area contributed by atoms with Gasteiger partial charge in [0.15, 0.2) is 11.5 Å². The molecule has 2 aromatic rings. The highest BCUT2D eigenvalue weighted by molar-refractivity contribution is 7.10. The molecule has 114 valence electrons. The Morgan fingerprint density at radius 3 is 2.73 bits per heavy atom. The Bertz CT molecular complexity index is 691. The molecular weight excluding hydrogens is 296 g/mol. The molecule has 1 aliphatic rings. The third kappa shape index (κ3) is 2.56. The number of methoxy groups -OCH3 is 2. The van der Waals surface area contributed by atoms with Crippen LogP contribution in [0.4, 0.5) is 0 Å². The number of fused-ring (bicyclic) bond motifs is 1. The van der Waals surface area contributed by atoms with Gasteiger partial charge in [-0.15, -0.1) is 11.3 Å². The highest BCUT2D eigenvalue weighted by atomic mass is 32.1. The minimum atomic E-state index is 0.114. The Morgan fingerprint density at radius 2 is 2.09 bits per heavy atom. The first-order valence-corrected chi connectivity index (χ1v) is 8.05. The third-order valence-electron chi connectivity index (χ3n) is 4.06. The lowest BCUT2D eigenvalue weighted by Gasteiger charge is -2.35. The standard InChI is InChI=1S/C17H18N2O2S/c1-20-14-10-12-5-7-19(8-6-18)17(16-4-3-9-22-16)13(12)11-15(14)21-2/h3-4,9-11,17H,5,7-8H2,1-2H3/t17-/m1/s1. The summed E-state index contributed by atoms with van der Waals surface area (Å²) < 4.78 is 10.9. The van der Waals surface area contributed by atoms with Crippen molar-refractivity contribution in [3.63, 3.8) is 0 Å². The fourth-order valence-corrected chi connectivity index (χ4v) is 3.92. The molecule has 0 unspecified atom stereocenters. The van der Waals surface area contributed by atoms with Crippen LogP contribution in [0.15, 0.2) is 29.6 Å². The van der Waals surface area contributed by atoms with Gasteiger partial charge in [-0.05, 0) is 41.1 Å². The second kappa shape index (κ2) is 6.39. The SMILES string of the molecule is COc1cc2c(cc1OC)[C@H](c1cccs1)N(CC#N)CC2. The number of hydrogen-bond acceptors (Lipinski definition) is 5. The fraction of sp³-hybridized carbons (Fsp3) is 0.353. The van der Waals surface area contributed by atoms with E-state index in [4.69, 9.17) is 14.7 Å². The molecule has 0 bridgehead atoms. The van der Waals surface area contributed by atoms with E-state index < -0.39 is 0 Å². The number of hydrogen-bond donors (Lipinski definition) is 0. The van der Waals surface area contributed by atoms with Crippen LogP contribution in [0.25, 0.3) is 0 Å². The van der Waals surface area contributed by atoms with Gasteiger partial charge >= 0.3 is 0 Å². The molecule has 3 rings (SSSR count). The van der Waals surface area contributed by atoms with Gasteiger partial charge in [-0.2, -0.15) is 5.26 Å². The number of ether oxygens (including phenoxy) is 2. The third-order valence-corrected chi connectivity index (χ3v) is 4.98. The van der Waals surface area contributed by atoms with Crippen LogP contribution in [-0.2, 0) is 6.42 Å². The number of nitriles is 1. The molecule has 1 aliphatic heterocycles. The topological polar surface area (TPSA) is 45.5 Å². The lowest BCUT2D eigenvalue weighted by molar-refractivity contribution is 0.241. The van der Waals surface area contributed by atoms with E-state index in [2.05, 4.69) is 40.6 Å². The number of nitrogens with zero attached hydrogens (tertiary/aromatic N) is 2. The maximum absolute atomic E-state index is 9.13. The average molecular weight is 314 g/mol. The van der Waals surface area contributed by atoms with Crippen molar-refractivity contribution in [3.8, 4) is 17.6 Å². The van der Waals surface area contributed by atoms with E-state index in [1.165, 1.54) is 16.0 Å². The molecule has 0 radical (unpaired) electrons. The highest BCUT2D eigenvalue weighted by Gasteiger charge is 2.30. The van der Waals surface area contributed by atoms with Crippen molar-refractivity contribution in [1.29, 1.82) is 5.26 Å². The van der Waals surface area contributed by atoms with Crippen molar-refractivity contribution >= 4 is 11.3 Å². The zero-order valence-electron chi connectivity index (χ0n) is 12.7. The Morgan fingerprint density at radius 1 is 1.32 bits per heavy atom. The number of rotatable bonds is 4. The van der Waals surface area contributed by atoms with Crippen LogP contribution in [0.5, 0.6) is 11.5 Å². The summed E-state index contributed by atoms with van der Waals surface area (Å²) in [6.45, 7) is 1.30. The molecule has 0 fully saturated rings. The summed E-state index contributed by atoms with van der Waals surface area (Å²) in [5.74, 6) is 1.50. The van der Waals surface area contributed by atoms with Gasteiger partial charge in [0, 0.05) is 11.4 Å². The minimum absolute atomic E-state index is 0.114. The van der Waals surface area contributed by atoms with Gasteiger partial charge in [-0.1, -0.05) is 6.07 Å². The first-order valence-electron chi connectivity index (χ1n) is 7.17. The van der Waals surface area contributed by atoms with Gasteiger partial charge < -0.3 is 9.47 Å². The molecule has 0 saturated heterocycles. The molecule has 1 aromatic heterocycles. The predicted molar refractivity (Wildman–Crippen MR) is 86.6 cm³/mol. The van der Waals surface area contributed by atoms with E-state index in [1.54, 1.807) is 25.6 Å². The van der Waals surface area contributed by atoms with Crippen molar-refractivity contribution < 1.29 is 9.47 Å². The summed E-state index contributed by atoms with van der Waals surface area (Å²) in [5, 5.41) is 11.2. The largest absolute Gasteiger partial charge is 0.493 e. The van der Waals surface area contributed by atoms with Crippen molar-refractivity contribution in [2.75, 3.05) is 27.3 Å². The normalized spacial score (nSPS) is 17.6. The zero-order valence-corrected chi connectivity index (χ0v) is 13.5. The van der Waals surface area contributed by atoms with E-state index >= 15 is 0 Å². The number of thiophene rings is 1. The van der Waals surface area contributed by atoms with Crippen molar-refractivity contribution in [2.24, 2.45) is 0 Å². The maximum Gasteiger partial charge on any atom is 0.161 e. The minimum Gasteiger partial charge on any atom is -0.493 e. The average Bonchev–Trinajstić information content (AvgIpc) is 3.07. The Balaban J connectivity index is 2.12. The van der Waals surface area contributed by atoms with Crippen molar-refractivity contribution in [2.45, 2.75) is 12.5 Å². The summed E-state index contributed by atoms with van der Waals surface area (Å²) in [4.78, 5) is 3.48. The number of benzene rings is 1. The van der Waals surface area contributed by atoms with Gasteiger partial charge in [0.2, 0.25) is 0 Å². The first-order chi connectivity index (χ1) is 10.8. The van der Waals surface area contributed by atoms with E-state index in [-0.39, 0.29) is 6.04 Å². The van der Waals surface area contributed by atoms with Crippen LogP contribution in [0.1, 0.15) is 22.0 Å². The molecule has 0 aliphatic carbocycles. The molecule has 0 spiro atoms. The summed E-state index contributed by atoms with van der Waals surface area (Å²) in [7, 11) is 3.31. The van der Waals surface area contributed by atoms with E-state index in [0.717, 1.165) is 24.5 Å². The summed E-state index contributed by atoms with van der Waals surface area (Å²) >= 11 is 1.72.